The Morgan fingerprint density at radius 1 is 1.45 bits per heavy atom. The number of aliphatic hydroxyl groups excluding tert-OH is 1. The van der Waals surface area contributed by atoms with Gasteiger partial charge in [-0.05, 0) is 24.3 Å². The third-order valence-electron chi connectivity index (χ3n) is 2.93. The number of nitrogens with zero attached hydrogens (tertiary/aromatic N) is 2. The van der Waals surface area contributed by atoms with Crippen molar-refractivity contribution in [2.75, 3.05) is 32.2 Å². The lowest BCUT2D eigenvalue weighted by molar-refractivity contribution is 0.0694. The Morgan fingerprint density at radius 2 is 2.20 bits per heavy atom. The summed E-state index contributed by atoms with van der Waals surface area (Å²) < 4.78 is 5.84. The molecule has 108 valence electrons. The third-order valence-corrected chi connectivity index (χ3v) is 3.68. The van der Waals surface area contributed by atoms with E-state index in [9.17, 15) is 5.11 Å². The molecule has 0 aliphatic heterocycles. The summed E-state index contributed by atoms with van der Waals surface area (Å²) >= 11 is 9.63. The minimum Gasteiger partial charge on any atom is -0.389 e. The van der Waals surface area contributed by atoms with Crippen LogP contribution in [0, 0.1) is 0 Å². The first-order valence-electron chi connectivity index (χ1n) is 6.15. The first kappa shape index (κ1) is 15.5. The molecule has 20 heavy (non-hydrogen) atoms. The van der Waals surface area contributed by atoms with Crippen molar-refractivity contribution in [1.29, 1.82) is 0 Å². The molecule has 1 unspecified atom stereocenters. The zero-order valence-corrected chi connectivity index (χ0v) is 13.6. The maximum Gasteiger partial charge on any atom is 0.129 e. The molecule has 0 saturated heterocycles. The van der Waals surface area contributed by atoms with Crippen molar-refractivity contribution in [3.05, 3.63) is 33.8 Å². The van der Waals surface area contributed by atoms with Crippen LogP contribution in [0.5, 0.6) is 0 Å². The highest BCUT2D eigenvalue weighted by molar-refractivity contribution is 9.10. The lowest BCUT2D eigenvalue weighted by Gasteiger charge is -2.21. The van der Waals surface area contributed by atoms with Crippen molar-refractivity contribution < 1.29 is 9.84 Å². The molecule has 0 saturated carbocycles. The summed E-state index contributed by atoms with van der Waals surface area (Å²) in [5.41, 5.74) is 0.750. The number of hydrogen-bond donors (Lipinski definition) is 1. The molecule has 2 aromatic rings. The second kappa shape index (κ2) is 6.72. The highest BCUT2D eigenvalue weighted by Crippen LogP contribution is 2.28. The Labute approximate surface area is 131 Å². The SMILES string of the molecule is COCC(O)CN(C)c1ccc2cc(Br)cc(Cl)c2n1. The van der Waals surface area contributed by atoms with Gasteiger partial charge in [0.15, 0.2) is 0 Å². The number of hydrogen-bond acceptors (Lipinski definition) is 4. The molecule has 1 atom stereocenters. The molecule has 2 rings (SSSR count). The van der Waals surface area contributed by atoms with Gasteiger partial charge in [-0.2, -0.15) is 0 Å². The van der Waals surface area contributed by atoms with Crippen LogP contribution in [-0.4, -0.2) is 43.5 Å². The molecule has 1 N–H and O–H groups in total. The third kappa shape index (κ3) is 3.61. The van der Waals surface area contributed by atoms with E-state index in [1.165, 1.54) is 0 Å². The van der Waals surface area contributed by atoms with Gasteiger partial charge in [0.05, 0.1) is 23.3 Å². The Morgan fingerprint density at radius 3 is 2.90 bits per heavy atom. The molecule has 1 aromatic carbocycles. The highest BCUT2D eigenvalue weighted by Gasteiger charge is 2.11. The Hall–Kier alpha value is -0.880. The minimum absolute atomic E-state index is 0.297. The summed E-state index contributed by atoms with van der Waals surface area (Å²) in [5.74, 6) is 0.761. The van der Waals surface area contributed by atoms with E-state index in [1.807, 2.05) is 36.2 Å². The normalized spacial score (nSPS) is 12.7. The topological polar surface area (TPSA) is 45.6 Å². The second-order valence-corrected chi connectivity index (χ2v) is 5.94. The monoisotopic (exact) mass is 358 g/mol. The molecule has 0 fully saturated rings. The molecule has 0 radical (unpaired) electrons. The predicted molar refractivity (Wildman–Crippen MR) is 85.6 cm³/mol. The van der Waals surface area contributed by atoms with Gasteiger partial charge in [-0.3, -0.25) is 0 Å². The number of ether oxygens (including phenoxy) is 1. The van der Waals surface area contributed by atoms with Gasteiger partial charge in [-0.15, -0.1) is 0 Å². The van der Waals surface area contributed by atoms with Gasteiger partial charge in [-0.1, -0.05) is 27.5 Å². The molecule has 1 aromatic heterocycles. The fourth-order valence-electron chi connectivity index (χ4n) is 2.01. The van der Waals surface area contributed by atoms with Crippen molar-refractivity contribution in [2.24, 2.45) is 0 Å². The quantitative estimate of drug-likeness (QED) is 0.891. The number of pyridine rings is 1. The average molecular weight is 360 g/mol. The molecule has 0 aliphatic carbocycles. The maximum atomic E-state index is 9.76. The van der Waals surface area contributed by atoms with Crippen LogP contribution in [0.1, 0.15) is 0 Å². The Balaban J connectivity index is 2.27. The fourth-order valence-corrected chi connectivity index (χ4v) is 2.89. The van der Waals surface area contributed by atoms with E-state index in [-0.39, 0.29) is 0 Å². The summed E-state index contributed by atoms with van der Waals surface area (Å²) in [6.07, 6.45) is -0.553. The lowest BCUT2D eigenvalue weighted by Crippen LogP contribution is -2.32. The predicted octanol–water partition coefficient (Wildman–Crippen LogP) is 3.09. The van der Waals surface area contributed by atoms with Gasteiger partial charge in [-0.25, -0.2) is 4.98 Å². The van der Waals surface area contributed by atoms with Crippen molar-refractivity contribution in [3.8, 4) is 0 Å². The van der Waals surface area contributed by atoms with Crippen LogP contribution in [0.3, 0.4) is 0 Å². The van der Waals surface area contributed by atoms with Gasteiger partial charge in [0.2, 0.25) is 0 Å². The van der Waals surface area contributed by atoms with E-state index < -0.39 is 6.10 Å². The Kier molecular flexibility index (Phi) is 5.21. The number of rotatable bonds is 5. The fraction of sp³-hybridized carbons (Fsp3) is 0.357. The Bertz CT molecular complexity index is 609. The minimum atomic E-state index is -0.553. The van der Waals surface area contributed by atoms with Crippen molar-refractivity contribution in [3.63, 3.8) is 0 Å². The van der Waals surface area contributed by atoms with E-state index >= 15 is 0 Å². The molecule has 4 nitrogen and oxygen atoms in total. The van der Waals surface area contributed by atoms with Crippen LogP contribution in [0.4, 0.5) is 5.82 Å². The summed E-state index contributed by atoms with van der Waals surface area (Å²) in [6.45, 7) is 0.742. The van der Waals surface area contributed by atoms with Gasteiger partial charge < -0.3 is 14.7 Å². The number of fused-ring (bicyclic) bond motifs is 1. The first-order chi connectivity index (χ1) is 9.51. The summed E-state index contributed by atoms with van der Waals surface area (Å²) in [5, 5.41) is 11.3. The molecule has 0 spiro atoms. The standard InChI is InChI=1S/C14H16BrClN2O2/c1-18(7-11(19)8-20-2)13-4-3-9-5-10(15)6-12(16)14(9)17-13/h3-6,11,19H,7-8H2,1-2H3. The molecule has 0 aliphatic rings. The van der Waals surface area contributed by atoms with E-state index in [4.69, 9.17) is 16.3 Å². The van der Waals surface area contributed by atoms with Gasteiger partial charge >= 0.3 is 0 Å². The number of aromatic nitrogens is 1. The maximum absolute atomic E-state index is 9.76. The number of benzene rings is 1. The molecule has 6 heteroatoms. The van der Waals surface area contributed by atoms with Crippen LogP contribution in [0.15, 0.2) is 28.7 Å². The van der Waals surface area contributed by atoms with Crippen molar-refractivity contribution in [2.45, 2.75) is 6.10 Å². The van der Waals surface area contributed by atoms with Gasteiger partial charge in [0.1, 0.15) is 5.82 Å². The average Bonchev–Trinajstić information content (AvgIpc) is 2.38. The zero-order valence-electron chi connectivity index (χ0n) is 11.3. The van der Waals surface area contributed by atoms with Crippen molar-refractivity contribution >= 4 is 44.3 Å². The molecular weight excluding hydrogens is 344 g/mol. The van der Waals surface area contributed by atoms with Crippen LogP contribution in [-0.2, 0) is 4.74 Å². The number of methoxy groups -OCH3 is 1. The van der Waals surface area contributed by atoms with Gasteiger partial charge in [0.25, 0.3) is 0 Å². The molecule has 0 bridgehead atoms. The number of anilines is 1. The van der Waals surface area contributed by atoms with Crippen LogP contribution in [0.25, 0.3) is 10.9 Å². The largest absolute Gasteiger partial charge is 0.389 e. The molecule has 0 amide bonds. The van der Waals surface area contributed by atoms with E-state index in [0.717, 1.165) is 21.2 Å². The number of aliphatic hydroxyl groups is 1. The number of halogens is 2. The van der Waals surface area contributed by atoms with Crippen LogP contribution < -0.4 is 4.90 Å². The summed E-state index contributed by atoms with van der Waals surface area (Å²) in [7, 11) is 3.44. The van der Waals surface area contributed by atoms with Gasteiger partial charge in [0, 0.05) is 30.6 Å². The van der Waals surface area contributed by atoms with E-state index in [0.29, 0.717) is 18.2 Å². The van der Waals surface area contributed by atoms with Crippen molar-refractivity contribution in [1.82, 2.24) is 4.98 Å². The van der Waals surface area contributed by atoms with Crippen LogP contribution >= 0.6 is 27.5 Å². The summed E-state index contributed by atoms with van der Waals surface area (Å²) in [4.78, 5) is 6.43. The second-order valence-electron chi connectivity index (χ2n) is 4.62. The highest BCUT2D eigenvalue weighted by atomic mass is 79.9. The van der Waals surface area contributed by atoms with Crippen LogP contribution in [0.2, 0.25) is 5.02 Å². The molecule has 1 heterocycles. The summed E-state index contributed by atoms with van der Waals surface area (Å²) in [6, 6.07) is 7.66. The van der Waals surface area contributed by atoms with E-state index in [1.54, 1.807) is 7.11 Å². The van der Waals surface area contributed by atoms with E-state index in [2.05, 4.69) is 20.9 Å². The first-order valence-corrected chi connectivity index (χ1v) is 7.32. The lowest BCUT2D eigenvalue weighted by atomic mass is 10.2. The molecular formula is C14H16BrClN2O2. The smallest absolute Gasteiger partial charge is 0.129 e. The number of likely N-dealkylation sites (N-methyl/N-ethyl adjacent to an activating group) is 1. The zero-order chi connectivity index (χ0) is 14.7.